The first-order valence-corrected chi connectivity index (χ1v) is 9.29. The van der Waals surface area contributed by atoms with Crippen LogP contribution in [-0.4, -0.2) is 42.1 Å². The van der Waals surface area contributed by atoms with Crippen LogP contribution in [0.25, 0.3) is 0 Å². The maximum atomic E-state index is 12.2. The topological polar surface area (TPSA) is 52.6 Å². The van der Waals surface area contributed by atoms with Crippen molar-refractivity contribution in [2.75, 3.05) is 26.2 Å². The Morgan fingerprint density at radius 2 is 1.96 bits per heavy atom. The Morgan fingerprint density at radius 1 is 1.29 bits per heavy atom. The predicted octanol–water partition coefficient (Wildman–Crippen LogP) is 3.08. The summed E-state index contributed by atoms with van der Waals surface area (Å²) in [4.78, 5) is 14.4. The maximum absolute atomic E-state index is 12.2. The van der Waals surface area contributed by atoms with Crippen LogP contribution in [0, 0.1) is 5.92 Å². The van der Waals surface area contributed by atoms with E-state index in [0.29, 0.717) is 12.5 Å². The Balaban J connectivity index is 1.88. The van der Waals surface area contributed by atoms with Gasteiger partial charge in [0.2, 0.25) is 5.91 Å². The first-order chi connectivity index (χ1) is 11.5. The molecule has 1 aromatic rings. The lowest BCUT2D eigenvalue weighted by molar-refractivity contribution is -0.126. The van der Waals surface area contributed by atoms with Crippen LogP contribution in [0.4, 0.5) is 0 Å². The summed E-state index contributed by atoms with van der Waals surface area (Å²) in [5.74, 6) is 0.721. The van der Waals surface area contributed by atoms with Crippen molar-refractivity contribution in [3.63, 3.8) is 0 Å². The molecule has 134 valence electrons. The van der Waals surface area contributed by atoms with Crippen LogP contribution in [-0.2, 0) is 4.79 Å². The van der Waals surface area contributed by atoms with Crippen molar-refractivity contribution in [1.82, 2.24) is 10.2 Å². The zero-order valence-electron chi connectivity index (χ0n) is 15.3. The van der Waals surface area contributed by atoms with Crippen molar-refractivity contribution in [2.45, 2.75) is 52.1 Å². The molecule has 1 saturated heterocycles. The number of carbonyl (C=O) groups excluding carboxylic acids is 1. The summed E-state index contributed by atoms with van der Waals surface area (Å²) in [6.07, 6.45) is 2.44. The fourth-order valence-electron chi connectivity index (χ4n) is 3.28. The van der Waals surface area contributed by atoms with Crippen LogP contribution in [0.5, 0.6) is 0 Å². The third-order valence-corrected chi connectivity index (χ3v) is 4.84. The Labute approximate surface area is 146 Å². The Hall–Kier alpha value is -1.39. The molecule has 1 aliphatic rings. The van der Waals surface area contributed by atoms with Gasteiger partial charge in [0.1, 0.15) is 0 Å². The lowest BCUT2D eigenvalue weighted by Crippen LogP contribution is -2.44. The standard InChI is InChI=1S/C20H32N2O2/c1-4-11-21-20(24)18-6-5-12-22(13-18)14-19(23)17-9-7-16(8-10-17)15(2)3/h7-10,15,18-19,23H,4-6,11-14H2,1-3H3,(H,21,24)/t18-,19-/m0/s1. The average molecular weight is 332 g/mol. The van der Waals surface area contributed by atoms with E-state index in [1.165, 1.54) is 5.56 Å². The molecule has 2 atom stereocenters. The highest BCUT2D eigenvalue weighted by atomic mass is 16.3. The molecule has 1 fully saturated rings. The number of carbonyl (C=O) groups is 1. The van der Waals surface area contributed by atoms with Crippen molar-refractivity contribution >= 4 is 5.91 Å². The van der Waals surface area contributed by atoms with Gasteiger partial charge in [-0.2, -0.15) is 0 Å². The molecule has 0 spiro atoms. The third-order valence-electron chi connectivity index (χ3n) is 4.84. The molecule has 2 N–H and O–H groups in total. The fourth-order valence-corrected chi connectivity index (χ4v) is 3.28. The Kier molecular flexibility index (Phi) is 7.25. The van der Waals surface area contributed by atoms with E-state index in [4.69, 9.17) is 0 Å². The number of benzene rings is 1. The van der Waals surface area contributed by atoms with Gasteiger partial charge in [-0.1, -0.05) is 45.0 Å². The minimum atomic E-state index is -0.497. The lowest BCUT2D eigenvalue weighted by atomic mass is 9.96. The summed E-state index contributed by atoms with van der Waals surface area (Å²) >= 11 is 0. The molecule has 4 heteroatoms. The van der Waals surface area contributed by atoms with Gasteiger partial charge in [-0.15, -0.1) is 0 Å². The average Bonchev–Trinajstić information content (AvgIpc) is 2.60. The number of hydrogen-bond acceptors (Lipinski definition) is 3. The van der Waals surface area contributed by atoms with Crippen molar-refractivity contribution in [3.05, 3.63) is 35.4 Å². The van der Waals surface area contributed by atoms with Crippen LogP contribution in [0.3, 0.4) is 0 Å². The van der Waals surface area contributed by atoms with Crippen LogP contribution < -0.4 is 5.32 Å². The van der Waals surface area contributed by atoms with Gasteiger partial charge in [0.25, 0.3) is 0 Å². The minimum absolute atomic E-state index is 0.0563. The van der Waals surface area contributed by atoms with Crippen molar-refractivity contribution in [2.24, 2.45) is 5.92 Å². The molecule has 0 saturated carbocycles. The summed E-state index contributed by atoms with van der Waals surface area (Å²) in [6, 6.07) is 8.24. The molecule has 1 aliphatic heterocycles. The molecule has 1 heterocycles. The van der Waals surface area contributed by atoms with E-state index < -0.39 is 6.10 Å². The van der Waals surface area contributed by atoms with Gasteiger partial charge >= 0.3 is 0 Å². The number of nitrogens with one attached hydrogen (secondary N) is 1. The first-order valence-electron chi connectivity index (χ1n) is 9.29. The molecular formula is C20H32N2O2. The molecule has 0 aromatic heterocycles. The molecule has 0 aliphatic carbocycles. The summed E-state index contributed by atoms with van der Waals surface area (Å²) < 4.78 is 0. The Bertz CT molecular complexity index is 513. The SMILES string of the molecule is CCCNC(=O)[C@H]1CCCN(C[C@H](O)c2ccc(C(C)C)cc2)C1. The normalized spacial score (nSPS) is 20.1. The molecule has 4 nitrogen and oxygen atoms in total. The van der Waals surface area contributed by atoms with Crippen molar-refractivity contribution < 1.29 is 9.90 Å². The zero-order chi connectivity index (χ0) is 17.5. The quantitative estimate of drug-likeness (QED) is 0.807. The van der Waals surface area contributed by atoms with Crippen molar-refractivity contribution in [1.29, 1.82) is 0 Å². The highest BCUT2D eigenvalue weighted by molar-refractivity contribution is 5.78. The molecule has 1 amide bonds. The van der Waals surface area contributed by atoms with Crippen LogP contribution in [0.2, 0.25) is 0 Å². The van der Waals surface area contributed by atoms with E-state index in [1.807, 2.05) is 12.1 Å². The Morgan fingerprint density at radius 3 is 2.58 bits per heavy atom. The number of β-amino-alcohol motifs (C(OH)–C–C–N with tert-alkyl or cyclic N) is 1. The monoisotopic (exact) mass is 332 g/mol. The number of aliphatic hydroxyl groups is 1. The van der Waals surface area contributed by atoms with Crippen LogP contribution >= 0.6 is 0 Å². The van der Waals surface area contributed by atoms with E-state index >= 15 is 0 Å². The lowest BCUT2D eigenvalue weighted by Gasteiger charge is -2.33. The zero-order valence-corrected chi connectivity index (χ0v) is 15.3. The molecule has 24 heavy (non-hydrogen) atoms. The fraction of sp³-hybridized carbons (Fsp3) is 0.650. The van der Waals surface area contributed by atoms with Gasteiger partial charge in [0, 0.05) is 19.6 Å². The van der Waals surface area contributed by atoms with Crippen LogP contribution in [0.1, 0.15) is 63.2 Å². The van der Waals surface area contributed by atoms with Crippen LogP contribution in [0.15, 0.2) is 24.3 Å². The number of likely N-dealkylation sites (tertiary alicyclic amines) is 1. The third kappa shape index (κ3) is 5.32. The summed E-state index contributed by atoms with van der Waals surface area (Å²) in [6.45, 7) is 9.45. The molecule has 0 radical (unpaired) electrons. The summed E-state index contributed by atoms with van der Waals surface area (Å²) in [7, 11) is 0. The number of aliphatic hydroxyl groups excluding tert-OH is 1. The van der Waals surface area contributed by atoms with Gasteiger partial charge in [0.15, 0.2) is 0 Å². The van der Waals surface area contributed by atoms with Gasteiger partial charge in [0.05, 0.1) is 12.0 Å². The molecular weight excluding hydrogens is 300 g/mol. The van der Waals surface area contributed by atoms with Gasteiger partial charge < -0.3 is 10.4 Å². The van der Waals surface area contributed by atoms with Crippen molar-refractivity contribution in [3.8, 4) is 0 Å². The highest BCUT2D eigenvalue weighted by Gasteiger charge is 2.26. The maximum Gasteiger partial charge on any atom is 0.224 e. The smallest absolute Gasteiger partial charge is 0.224 e. The second-order valence-electron chi connectivity index (χ2n) is 7.23. The van der Waals surface area contributed by atoms with Gasteiger partial charge in [-0.25, -0.2) is 0 Å². The molecule has 2 rings (SSSR count). The predicted molar refractivity (Wildman–Crippen MR) is 98.0 cm³/mol. The van der Waals surface area contributed by atoms with E-state index in [2.05, 4.69) is 43.1 Å². The molecule has 0 unspecified atom stereocenters. The van der Waals surface area contributed by atoms with Gasteiger partial charge in [-0.05, 0) is 42.9 Å². The summed E-state index contributed by atoms with van der Waals surface area (Å²) in [5.41, 5.74) is 2.24. The molecule has 1 aromatic carbocycles. The van der Waals surface area contributed by atoms with E-state index in [9.17, 15) is 9.90 Å². The largest absolute Gasteiger partial charge is 0.387 e. The number of nitrogens with zero attached hydrogens (tertiary/aromatic N) is 1. The number of rotatable bonds is 7. The van der Waals surface area contributed by atoms with Gasteiger partial charge in [-0.3, -0.25) is 9.69 Å². The number of hydrogen-bond donors (Lipinski definition) is 2. The minimum Gasteiger partial charge on any atom is -0.387 e. The van der Waals surface area contributed by atoms with E-state index in [1.54, 1.807) is 0 Å². The van der Waals surface area contributed by atoms with E-state index in [0.717, 1.165) is 44.5 Å². The number of piperidine rings is 1. The second kappa shape index (κ2) is 9.19. The number of amides is 1. The molecule has 0 bridgehead atoms. The summed E-state index contributed by atoms with van der Waals surface area (Å²) in [5, 5.41) is 13.5. The van der Waals surface area contributed by atoms with E-state index in [-0.39, 0.29) is 11.8 Å². The highest BCUT2D eigenvalue weighted by Crippen LogP contribution is 2.22. The first kappa shape index (κ1) is 18.9. The second-order valence-corrected chi connectivity index (χ2v) is 7.23.